The van der Waals surface area contributed by atoms with E-state index in [2.05, 4.69) is 10.6 Å². The van der Waals surface area contributed by atoms with E-state index in [1.807, 2.05) is 99.6 Å². The highest BCUT2D eigenvalue weighted by Crippen LogP contribution is 2.64. The van der Waals surface area contributed by atoms with E-state index < -0.39 is 35.1 Å². The Morgan fingerprint density at radius 3 is 2.18 bits per heavy atom. The second-order valence-corrected chi connectivity index (χ2v) is 12.6. The van der Waals surface area contributed by atoms with Crippen LogP contribution in [-0.2, 0) is 32.1 Å². The first-order valence-corrected chi connectivity index (χ1v) is 15.6. The van der Waals surface area contributed by atoms with Crippen LogP contribution < -0.4 is 10.6 Å². The van der Waals surface area contributed by atoms with Crippen molar-refractivity contribution in [3.63, 3.8) is 0 Å². The molecule has 3 amide bonds. The van der Waals surface area contributed by atoms with E-state index in [1.165, 1.54) is 0 Å². The average molecular weight is 596 g/mol. The third kappa shape index (κ3) is 4.90. The first-order valence-electron chi connectivity index (χ1n) is 15.6. The maximum absolute atomic E-state index is 14.7. The van der Waals surface area contributed by atoms with Crippen LogP contribution in [-0.4, -0.2) is 57.6 Å². The van der Waals surface area contributed by atoms with Crippen molar-refractivity contribution in [2.45, 2.75) is 76.3 Å². The van der Waals surface area contributed by atoms with E-state index in [-0.39, 0.29) is 24.3 Å². The molecule has 2 bridgehead atoms. The highest BCUT2D eigenvalue weighted by molar-refractivity contribution is 6.04. The molecule has 3 heterocycles. The standard InChI is InChI=1S/C36H41N3O5/c1-4-35-18-19-36(44-35)29(28(35)32(41)37-21-26-16-9-6-10-17-26)34(43)39(27(22-40)20-25-14-7-5-8-15-25)31(36)33(42)38-30-23(2)12-11-13-24(30)3/h5-17,27-29,31,40H,4,18-22H2,1-3H3,(H,37,41)(H,38,42)/t27-,28-,29+,31?,35+,36?/m1/s1. The normalized spacial score (nSPS) is 27.7. The second kappa shape index (κ2) is 11.8. The lowest BCUT2D eigenvalue weighted by atomic mass is 9.65. The summed E-state index contributed by atoms with van der Waals surface area (Å²) >= 11 is 0. The lowest BCUT2D eigenvalue weighted by Crippen LogP contribution is -2.57. The predicted molar refractivity (Wildman–Crippen MR) is 168 cm³/mol. The van der Waals surface area contributed by atoms with Crippen LogP contribution in [0.5, 0.6) is 0 Å². The molecule has 3 fully saturated rings. The van der Waals surface area contributed by atoms with Crippen molar-refractivity contribution in [1.29, 1.82) is 0 Å². The molecule has 2 unspecified atom stereocenters. The molecule has 3 aliphatic rings. The van der Waals surface area contributed by atoms with Gasteiger partial charge in [0.15, 0.2) is 0 Å². The minimum Gasteiger partial charge on any atom is -0.394 e. The third-order valence-electron chi connectivity index (χ3n) is 10.1. The zero-order valence-corrected chi connectivity index (χ0v) is 25.6. The van der Waals surface area contributed by atoms with Gasteiger partial charge in [-0.25, -0.2) is 0 Å². The number of hydrogen-bond acceptors (Lipinski definition) is 5. The molecule has 0 saturated carbocycles. The molecule has 0 aromatic heterocycles. The number of nitrogens with one attached hydrogen (secondary N) is 2. The Bertz CT molecular complexity index is 1530. The highest BCUT2D eigenvalue weighted by Gasteiger charge is 2.79. The molecule has 0 aliphatic carbocycles. The molecule has 8 heteroatoms. The molecule has 6 atom stereocenters. The van der Waals surface area contributed by atoms with Crippen LogP contribution >= 0.6 is 0 Å². The number of anilines is 1. The van der Waals surface area contributed by atoms with E-state index in [0.717, 1.165) is 22.3 Å². The number of amides is 3. The summed E-state index contributed by atoms with van der Waals surface area (Å²) in [5.74, 6) is -2.51. The summed E-state index contributed by atoms with van der Waals surface area (Å²) in [5, 5.41) is 16.9. The molecule has 3 saturated heterocycles. The molecule has 3 aromatic carbocycles. The van der Waals surface area contributed by atoms with Gasteiger partial charge in [0, 0.05) is 12.2 Å². The van der Waals surface area contributed by atoms with Crippen LogP contribution in [0.15, 0.2) is 78.9 Å². The predicted octanol–water partition coefficient (Wildman–Crippen LogP) is 4.32. The fourth-order valence-corrected chi connectivity index (χ4v) is 7.98. The fourth-order valence-electron chi connectivity index (χ4n) is 7.98. The lowest BCUT2D eigenvalue weighted by molar-refractivity contribution is -0.149. The zero-order valence-electron chi connectivity index (χ0n) is 25.6. The van der Waals surface area contributed by atoms with Gasteiger partial charge < -0.3 is 25.4 Å². The molecule has 230 valence electrons. The lowest BCUT2D eigenvalue weighted by Gasteiger charge is -2.37. The van der Waals surface area contributed by atoms with Gasteiger partial charge in [0.25, 0.3) is 0 Å². The Morgan fingerprint density at radius 2 is 1.57 bits per heavy atom. The van der Waals surface area contributed by atoms with Crippen LogP contribution in [0, 0.1) is 25.7 Å². The number of carbonyl (C=O) groups is 3. The van der Waals surface area contributed by atoms with Crippen LogP contribution in [0.3, 0.4) is 0 Å². The summed E-state index contributed by atoms with van der Waals surface area (Å²) in [5.41, 5.74) is 2.37. The number of rotatable bonds is 10. The van der Waals surface area contributed by atoms with Crippen molar-refractivity contribution in [2.24, 2.45) is 11.8 Å². The number of aliphatic hydroxyl groups is 1. The molecule has 44 heavy (non-hydrogen) atoms. The van der Waals surface area contributed by atoms with Gasteiger partial charge in [-0.3, -0.25) is 14.4 Å². The maximum atomic E-state index is 14.7. The van der Waals surface area contributed by atoms with Crippen molar-refractivity contribution in [3.05, 3.63) is 101 Å². The van der Waals surface area contributed by atoms with Crippen molar-refractivity contribution in [1.82, 2.24) is 10.2 Å². The van der Waals surface area contributed by atoms with E-state index in [0.29, 0.717) is 37.9 Å². The minimum absolute atomic E-state index is 0.241. The van der Waals surface area contributed by atoms with Gasteiger partial charge in [-0.1, -0.05) is 85.8 Å². The second-order valence-electron chi connectivity index (χ2n) is 12.6. The molecule has 3 N–H and O–H groups in total. The monoisotopic (exact) mass is 595 g/mol. The molecule has 6 rings (SSSR count). The summed E-state index contributed by atoms with van der Waals surface area (Å²) in [4.78, 5) is 44.8. The molecular weight excluding hydrogens is 554 g/mol. The molecule has 0 radical (unpaired) electrons. The van der Waals surface area contributed by atoms with Gasteiger partial charge in [0.1, 0.15) is 11.6 Å². The summed E-state index contributed by atoms with van der Waals surface area (Å²) in [6.45, 7) is 5.85. The van der Waals surface area contributed by atoms with E-state index in [4.69, 9.17) is 4.74 Å². The Hall–Kier alpha value is -4.01. The quantitative estimate of drug-likeness (QED) is 0.324. The van der Waals surface area contributed by atoms with Crippen molar-refractivity contribution < 1.29 is 24.2 Å². The molecule has 3 aliphatic heterocycles. The highest BCUT2D eigenvalue weighted by atomic mass is 16.5. The molecule has 8 nitrogen and oxygen atoms in total. The first kappa shape index (κ1) is 30.0. The van der Waals surface area contributed by atoms with E-state index >= 15 is 0 Å². The van der Waals surface area contributed by atoms with Gasteiger partial charge in [-0.2, -0.15) is 0 Å². The Labute approximate surface area is 258 Å². The van der Waals surface area contributed by atoms with Crippen molar-refractivity contribution in [2.75, 3.05) is 11.9 Å². The average Bonchev–Trinajstić information content (AvgIpc) is 3.65. The summed E-state index contributed by atoms with van der Waals surface area (Å²) in [6.07, 6.45) is 1.95. The Kier molecular flexibility index (Phi) is 8.07. The SMILES string of the molecule is CC[C@@]12CCC3(O1)C(C(=O)Nc1c(C)cccc1C)N([C@@H](CO)Cc1ccccc1)C(=O)[C@@H]3[C@@H]2C(=O)NCc1ccccc1. The largest absolute Gasteiger partial charge is 0.394 e. The van der Waals surface area contributed by atoms with Crippen molar-refractivity contribution >= 4 is 23.4 Å². The van der Waals surface area contributed by atoms with Gasteiger partial charge in [-0.05, 0) is 61.8 Å². The number of aliphatic hydroxyl groups excluding tert-OH is 1. The van der Waals surface area contributed by atoms with E-state index in [9.17, 15) is 19.5 Å². The van der Waals surface area contributed by atoms with Gasteiger partial charge in [0.05, 0.1) is 30.1 Å². The number of fused-ring (bicyclic) bond motifs is 1. The number of ether oxygens (including phenoxy) is 1. The van der Waals surface area contributed by atoms with Crippen LogP contribution in [0.25, 0.3) is 0 Å². The summed E-state index contributed by atoms with van der Waals surface area (Å²) in [6, 6.07) is 23.4. The smallest absolute Gasteiger partial charge is 0.250 e. The van der Waals surface area contributed by atoms with Crippen LogP contribution in [0.1, 0.15) is 48.4 Å². The number of para-hydroxylation sites is 1. The minimum atomic E-state index is -1.19. The maximum Gasteiger partial charge on any atom is 0.250 e. The van der Waals surface area contributed by atoms with Gasteiger partial charge >= 0.3 is 0 Å². The summed E-state index contributed by atoms with van der Waals surface area (Å²) < 4.78 is 6.92. The third-order valence-corrected chi connectivity index (χ3v) is 10.1. The molecule has 1 spiro atoms. The van der Waals surface area contributed by atoms with Gasteiger partial charge in [0.2, 0.25) is 17.7 Å². The number of nitrogens with zero attached hydrogens (tertiary/aromatic N) is 1. The number of benzene rings is 3. The number of hydrogen-bond donors (Lipinski definition) is 3. The summed E-state index contributed by atoms with van der Waals surface area (Å²) in [7, 11) is 0. The zero-order chi connectivity index (χ0) is 31.1. The molecule has 3 aromatic rings. The topological polar surface area (TPSA) is 108 Å². The van der Waals surface area contributed by atoms with Gasteiger partial charge in [-0.15, -0.1) is 0 Å². The van der Waals surface area contributed by atoms with Crippen molar-refractivity contribution in [3.8, 4) is 0 Å². The van der Waals surface area contributed by atoms with Crippen LogP contribution in [0.2, 0.25) is 0 Å². The Balaban J connectivity index is 1.40. The first-order chi connectivity index (χ1) is 21.2. The van der Waals surface area contributed by atoms with Crippen LogP contribution in [0.4, 0.5) is 5.69 Å². The number of carbonyl (C=O) groups excluding carboxylic acids is 3. The molecular formula is C36H41N3O5. The Morgan fingerprint density at radius 1 is 0.932 bits per heavy atom. The fraction of sp³-hybridized carbons (Fsp3) is 0.417. The number of aryl methyl sites for hydroxylation is 2. The van der Waals surface area contributed by atoms with E-state index in [1.54, 1.807) is 4.90 Å². The number of likely N-dealkylation sites (tertiary alicyclic amines) is 1.